The van der Waals surface area contributed by atoms with Crippen LogP contribution in [0.25, 0.3) is 0 Å². The Morgan fingerprint density at radius 1 is 1.23 bits per heavy atom. The van der Waals surface area contributed by atoms with Crippen molar-refractivity contribution < 1.29 is 10.2 Å². The van der Waals surface area contributed by atoms with Crippen molar-refractivity contribution in [3.8, 4) is 0 Å². The Kier molecular flexibility index (Phi) is 3.89. The lowest BCUT2D eigenvalue weighted by Gasteiger charge is -2.14. The van der Waals surface area contributed by atoms with Crippen molar-refractivity contribution in [2.24, 2.45) is 5.73 Å². The van der Waals surface area contributed by atoms with Crippen LogP contribution in [0.4, 0.5) is 0 Å². The molecule has 4 N–H and O–H groups in total. The van der Waals surface area contributed by atoms with E-state index in [1.807, 2.05) is 30.3 Å². The fourth-order valence-corrected chi connectivity index (χ4v) is 1.20. The summed E-state index contributed by atoms with van der Waals surface area (Å²) < 4.78 is 0. The van der Waals surface area contributed by atoms with Crippen LogP contribution in [-0.2, 0) is 0 Å². The maximum absolute atomic E-state index is 9.16. The standard InChI is InChI=1S/C10H15NO2/c11-10(6-9(13)7-12)8-4-2-1-3-5-8/h1-5,9-10,12-13H,6-7,11H2/t9-,10+/m0/s1. The minimum atomic E-state index is -0.727. The largest absolute Gasteiger partial charge is 0.394 e. The summed E-state index contributed by atoms with van der Waals surface area (Å²) in [5.74, 6) is 0. The van der Waals surface area contributed by atoms with Gasteiger partial charge in [0, 0.05) is 6.04 Å². The van der Waals surface area contributed by atoms with Crippen LogP contribution in [-0.4, -0.2) is 22.9 Å². The summed E-state index contributed by atoms with van der Waals surface area (Å²) in [6.45, 7) is -0.236. The molecule has 0 unspecified atom stereocenters. The molecule has 2 atom stereocenters. The first-order valence-corrected chi connectivity index (χ1v) is 4.33. The molecule has 0 saturated carbocycles. The number of benzene rings is 1. The third kappa shape index (κ3) is 3.14. The molecule has 72 valence electrons. The maximum Gasteiger partial charge on any atom is 0.0789 e. The maximum atomic E-state index is 9.16. The van der Waals surface area contributed by atoms with Gasteiger partial charge >= 0.3 is 0 Å². The summed E-state index contributed by atoms with van der Waals surface area (Å²) in [4.78, 5) is 0. The van der Waals surface area contributed by atoms with Gasteiger partial charge in [-0.25, -0.2) is 0 Å². The van der Waals surface area contributed by atoms with E-state index in [0.29, 0.717) is 6.42 Å². The number of hydrogen-bond acceptors (Lipinski definition) is 3. The number of aliphatic hydroxyl groups is 2. The highest BCUT2D eigenvalue weighted by Gasteiger charge is 2.10. The molecule has 1 aromatic rings. The van der Waals surface area contributed by atoms with E-state index in [0.717, 1.165) is 5.56 Å². The molecular weight excluding hydrogens is 166 g/mol. The fourth-order valence-electron chi connectivity index (χ4n) is 1.20. The third-order valence-electron chi connectivity index (χ3n) is 1.96. The van der Waals surface area contributed by atoms with Crippen LogP contribution in [0, 0.1) is 0 Å². The average molecular weight is 181 g/mol. The van der Waals surface area contributed by atoms with Gasteiger partial charge in [-0.3, -0.25) is 0 Å². The van der Waals surface area contributed by atoms with Gasteiger partial charge in [0.15, 0.2) is 0 Å². The average Bonchev–Trinajstić information content (AvgIpc) is 2.19. The van der Waals surface area contributed by atoms with Crippen LogP contribution in [0.5, 0.6) is 0 Å². The Bertz CT molecular complexity index is 238. The minimum absolute atomic E-state index is 0.205. The SMILES string of the molecule is N[C@H](C[C@H](O)CO)c1ccccc1. The quantitative estimate of drug-likeness (QED) is 0.631. The van der Waals surface area contributed by atoms with E-state index in [9.17, 15) is 0 Å². The molecule has 0 aliphatic rings. The Morgan fingerprint density at radius 3 is 2.38 bits per heavy atom. The Labute approximate surface area is 77.8 Å². The monoisotopic (exact) mass is 181 g/mol. The highest BCUT2D eigenvalue weighted by molar-refractivity contribution is 5.18. The van der Waals surface area contributed by atoms with Gasteiger partial charge in [-0.05, 0) is 12.0 Å². The first-order chi connectivity index (χ1) is 6.24. The van der Waals surface area contributed by atoms with Gasteiger partial charge in [0.2, 0.25) is 0 Å². The second-order valence-electron chi connectivity index (χ2n) is 3.09. The summed E-state index contributed by atoms with van der Waals surface area (Å²) in [6, 6.07) is 9.34. The van der Waals surface area contributed by atoms with Crippen molar-refractivity contribution in [1.82, 2.24) is 0 Å². The van der Waals surface area contributed by atoms with Crippen LogP contribution in [0.3, 0.4) is 0 Å². The molecule has 13 heavy (non-hydrogen) atoms. The van der Waals surface area contributed by atoms with Gasteiger partial charge in [-0.2, -0.15) is 0 Å². The van der Waals surface area contributed by atoms with Crippen molar-refractivity contribution in [3.63, 3.8) is 0 Å². The lowest BCUT2D eigenvalue weighted by Crippen LogP contribution is -2.21. The van der Waals surface area contributed by atoms with Crippen molar-refractivity contribution in [2.75, 3.05) is 6.61 Å². The number of rotatable bonds is 4. The molecule has 1 rings (SSSR count). The van der Waals surface area contributed by atoms with Crippen LogP contribution in [0.15, 0.2) is 30.3 Å². The Hall–Kier alpha value is -0.900. The molecule has 0 fully saturated rings. The molecule has 0 radical (unpaired) electrons. The molecule has 0 aromatic heterocycles. The van der Waals surface area contributed by atoms with Gasteiger partial charge in [0.1, 0.15) is 0 Å². The van der Waals surface area contributed by atoms with Crippen LogP contribution < -0.4 is 5.73 Å². The smallest absolute Gasteiger partial charge is 0.0789 e. The molecule has 0 amide bonds. The molecule has 0 saturated heterocycles. The van der Waals surface area contributed by atoms with E-state index >= 15 is 0 Å². The van der Waals surface area contributed by atoms with Crippen LogP contribution >= 0.6 is 0 Å². The van der Waals surface area contributed by atoms with Crippen LogP contribution in [0.2, 0.25) is 0 Å². The minimum Gasteiger partial charge on any atom is -0.394 e. The molecule has 3 nitrogen and oxygen atoms in total. The van der Waals surface area contributed by atoms with E-state index < -0.39 is 6.10 Å². The van der Waals surface area contributed by atoms with Crippen LogP contribution in [0.1, 0.15) is 18.0 Å². The summed E-state index contributed by atoms with van der Waals surface area (Å²) in [7, 11) is 0. The van der Waals surface area contributed by atoms with E-state index in [2.05, 4.69) is 0 Å². The zero-order chi connectivity index (χ0) is 9.68. The molecule has 0 spiro atoms. The first-order valence-electron chi connectivity index (χ1n) is 4.33. The molecular formula is C10H15NO2. The van der Waals surface area contributed by atoms with Gasteiger partial charge in [0.05, 0.1) is 12.7 Å². The molecule has 0 heterocycles. The van der Waals surface area contributed by atoms with E-state index in [1.165, 1.54) is 0 Å². The topological polar surface area (TPSA) is 66.5 Å². The van der Waals surface area contributed by atoms with Crippen molar-refractivity contribution in [1.29, 1.82) is 0 Å². The zero-order valence-electron chi connectivity index (χ0n) is 7.43. The molecule has 0 aliphatic carbocycles. The predicted molar refractivity (Wildman–Crippen MR) is 51.1 cm³/mol. The number of aliphatic hydroxyl groups excluding tert-OH is 2. The van der Waals surface area contributed by atoms with E-state index in [-0.39, 0.29) is 12.6 Å². The normalized spacial score (nSPS) is 15.3. The highest BCUT2D eigenvalue weighted by atomic mass is 16.3. The van der Waals surface area contributed by atoms with Gasteiger partial charge in [0.25, 0.3) is 0 Å². The number of hydrogen-bond donors (Lipinski definition) is 3. The molecule has 0 bridgehead atoms. The van der Waals surface area contributed by atoms with Crippen molar-refractivity contribution in [3.05, 3.63) is 35.9 Å². The van der Waals surface area contributed by atoms with Gasteiger partial charge in [-0.1, -0.05) is 30.3 Å². The summed E-state index contributed by atoms with van der Waals surface area (Å²) in [6.07, 6.45) is -0.337. The van der Waals surface area contributed by atoms with Gasteiger partial charge < -0.3 is 15.9 Å². The fraction of sp³-hybridized carbons (Fsp3) is 0.400. The van der Waals surface area contributed by atoms with E-state index in [4.69, 9.17) is 15.9 Å². The summed E-state index contributed by atoms with van der Waals surface area (Å²) in [5.41, 5.74) is 6.78. The van der Waals surface area contributed by atoms with E-state index in [1.54, 1.807) is 0 Å². The lowest BCUT2D eigenvalue weighted by molar-refractivity contribution is 0.0826. The summed E-state index contributed by atoms with van der Waals surface area (Å²) >= 11 is 0. The zero-order valence-corrected chi connectivity index (χ0v) is 7.43. The number of nitrogens with two attached hydrogens (primary N) is 1. The van der Waals surface area contributed by atoms with Crippen molar-refractivity contribution in [2.45, 2.75) is 18.6 Å². The second kappa shape index (κ2) is 4.97. The molecule has 3 heteroatoms. The molecule has 0 aliphatic heterocycles. The van der Waals surface area contributed by atoms with Crippen molar-refractivity contribution >= 4 is 0 Å². The predicted octanol–water partition coefficient (Wildman–Crippen LogP) is 0.430. The first kappa shape index (κ1) is 10.2. The third-order valence-corrected chi connectivity index (χ3v) is 1.96. The summed E-state index contributed by atoms with van der Waals surface area (Å²) in [5, 5.41) is 17.8. The Balaban J connectivity index is 2.53. The second-order valence-corrected chi connectivity index (χ2v) is 3.09. The lowest BCUT2D eigenvalue weighted by atomic mass is 10.0. The Morgan fingerprint density at radius 2 is 1.85 bits per heavy atom. The van der Waals surface area contributed by atoms with Gasteiger partial charge in [-0.15, -0.1) is 0 Å². The highest BCUT2D eigenvalue weighted by Crippen LogP contribution is 2.14. The molecule has 1 aromatic carbocycles.